The average Bonchev–Trinajstić information content (AvgIpc) is 2.92. The Morgan fingerprint density at radius 1 is 1.43 bits per heavy atom. The molecule has 2 N–H and O–H groups in total. The van der Waals surface area contributed by atoms with Gasteiger partial charge in [-0.1, -0.05) is 12.1 Å². The van der Waals surface area contributed by atoms with Crippen molar-refractivity contribution in [3.8, 4) is 5.75 Å². The van der Waals surface area contributed by atoms with Gasteiger partial charge in [-0.15, -0.1) is 0 Å². The van der Waals surface area contributed by atoms with Crippen molar-refractivity contribution in [3.63, 3.8) is 0 Å². The Bertz CT molecular complexity index is 646. The van der Waals surface area contributed by atoms with Crippen molar-refractivity contribution in [3.05, 3.63) is 30.0 Å². The van der Waals surface area contributed by atoms with Crippen LogP contribution in [0.15, 0.2) is 24.4 Å². The van der Waals surface area contributed by atoms with Crippen LogP contribution in [-0.4, -0.2) is 54.4 Å². The Hall–Kier alpha value is -2.05. The van der Waals surface area contributed by atoms with E-state index >= 15 is 0 Å². The Morgan fingerprint density at radius 2 is 2.19 bits per heavy atom. The van der Waals surface area contributed by atoms with Crippen molar-refractivity contribution in [2.45, 2.75) is 6.04 Å². The number of para-hydroxylation sites is 1. The van der Waals surface area contributed by atoms with Gasteiger partial charge in [0.15, 0.2) is 0 Å². The van der Waals surface area contributed by atoms with Crippen molar-refractivity contribution in [1.82, 2.24) is 9.88 Å². The Balaban J connectivity index is 2.05. The SMILES string of the molecule is COc1cccc2c([C@@H](C(=O)O)N3CCOCC3)c[nH]c12. The molecule has 1 saturated heterocycles. The van der Waals surface area contributed by atoms with Crippen LogP contribution >= 0.6 is 0 Å². The van der Waals surface area contributed by atoms with Gasteiger partial charge in [-0.05, 0) is 6.07 Å². The van der Waals surface area contributed by atoms with E-state index in [0.29, 0.717) is 32.1 Å². The molecule has 0 bridgehead atoms. The fourth-order valence-electron chi connectivity index (χ4n) is 2.87. The molecule has 1 fully saturated rings. The van der Waals surface area contributed by atoms with Gasteiger partial charge >= 0.3 is 5.97 Å². The maximum atomic E-state index is 11.8. The summed E-state index contributed by atoms with van der Waals surface area (Å²) in [4.78, 5) is 16.8. The molecule has 1 atom stereocenters. The Kier molecular flexibility index (Phi) is 3.81. The van der Waals surface area contributed by atoms with Crippen LogP contribution < -0.4 is 4.74 Å². The molecule has 0 spiro atoms. The average molecular weight is 290 g/mol. The molecule has 1 aliphatic heterocycles. The quantitative estimate of drug-likeness (QED) is 0.895. The number of aromatic nitrogens is 1. The lowest BCUT2D eigenvalue weighted by Crippen LogP contribution is -2.42. The molecule has 1 aromatic heterocycles. The first-order valence-electron chi connectivity index (χ1n) is 6.91. The normalized spacial score (nSPS) is 17.8. The van der Waals surface area contributed by atoms with Crippen LogP contribution in [0, 0.1) is 0 Å². The summed E-state index contributed by atoms with van der Waals surface area (Å²) in [6.07, 6.45) is 1.77. The van der Waals surface area contributed by atoms with Gasteiger partial charge in [0.1, 0.15) is 11.8 Å². The molecule has 2 aromatic rings. The molecule has 21 heavy (non-hydrogen) atoms. The van der Waals surface area contributed by atoms with Crippen LogP contribution in [-0.2, 0) is 9.53 Å². The highest BCUT2D eigenvalue weighted by Gasteiger charge is 2.31. The van der Waals surface area contributed by atoms with Crippen molar-refractivity contribution in [2.75, 3.05) is 33.4 Å². The third-order valence-corrected chi connectivity index (χ3v) is 3.87. The largest absolute Gasteiger partial charge is 0.495 e. The number of nitrogens with one attached hydrogen (secondary N) is 1. The molecule has 1 aliphatic rings. The molecule has 6 heteroatoms. The van der Waals surface area contributed by atoms with E-state index in [-0.39, 0.29) is 0 Å². The molecule has 0 amide bonds. The van der Waals surface area contributed by atoms with E-state index in [1.165, 1.54) is 0 Å². The van der Waals surface area contributed by atoms with E-state index in [1.54, 1.807) is 13.3 Å². The van der Waals surface area contributed by atoms with Gasteiger partial charge in [0, 0.05) is 30.2 Å². The van der Waals surface area contributed by atoms with Gasteiger partial charge in [-0.3, -0.25) is 9.69 Å². The maximum Gasteiger partial charge on any atom is 0.325 e. The lowest BCUT2D eigenvalue weighted by Gasteiger charge is -2.31. The molecule has 0 unspecified atom stereocenters. The highest BCUT2D eigenvalue weighted by molar-refractivity contribution is 5.92. The van der Waals surface area contributed by atoms with Crippen LogP contribution in [0.25, 0.3) is 10.9 Å². The number of fused-ring (bicyclic) bond motifs is 1. The summed E-state index contributed by atoms with van der Waals surface area (Å²) in [5, 5.41) is 10.5. The number of aliphatic carboxylic acids is 1. The first kappa shape index (κ1) is 13.9. The minimum Gasteiger partial charge on any atom is -0.495 e. The number of H-pyrrole nitrogens is 1. The minimum atomic E-state index is -0.847. The zero-order valence-corrected chi connectivity index (χ0v) is 11.8. The number of rotatable bonds is 4. The molecule has 0 radical (unpaired) electrons. The van der Waals surface area contributed by atoms with E-state index in [2.05, 4.69) is 4.98 Å². The number of benzene rings is 1. The lowest BCUT2D eigenvalue weighted by atomic mass is 10.0. The van der Waals surface area contributed by atoms with Crippen LogP contribution in [0.5, 0.6) is 5.75 Å². The number of nitrogens with zero attached hydrogens (tertiary/aromatic N) is 1. The first-order valence-corrected chi connectivity index (χ1v) is 6.91. The van der Waals surface area contributed by atoms with E-state index in [1.807, 2.05) is 23.1 Å². The fraction of sp³-hybridized carbons (Fsp3) is 0.400. The number of ether oxygens (including phenoxy) is 2. The number of hydrogen-bond acceptors (Lipinski definition) is 4. The van der Waals surface area contributed by atoms with Gasteiger partial charge in [0.2, 0.25) is 0 Å². The zero-order valence-electron chi connectivity index (χ0n) is 11.8. The van der Waals surface area contributed by atoms with Crippen LogP contribution in [0.4, 0.5) is 0 Å². The number of carboxylic acid groups (broad SMARTS) is 1. The number of methoxy groups -OCH3 is 1. The topological polar surface area (TPSA) is 74.8 Å². The van der Waals surface area contributed by atoms with E-state index < -0.39 is 12.0 Å². The van der Waals surface area contributed by atoms with Crippen molar-refractivity contribution in [1.29, 1.82) is 0 Å². The molecule has 3 rings (SSSR count). The van der Waals surface area contributed by atoms with Crippen LogP contribution in [0.1, 0.15) is 11.6 Å². The number of carbonyl (C=O) groups is 1. The van der Waals surface area contributed by atoms with E-state index in [9.17, 15) is 9.90 Å². The molecule has 6 nitrogen and oxygen atoms in total. The summed E-state index contributed by atoms with van der Waals surface area (Å²) in [7, 11) is 1.60. The van der Waals surface area contributed by atoms with Crippen molar-refractivity contribution in [2.24, 2.45) is 0 Å². The van der Waals surface area contributed by atoms with Gasteiger partial charge in [-0.2, -0.15) is 0 Å². The van der Waals surface area contributed by atoms with E-state index in [0.717, 1.165) is 16.5 Å². The Morgan fingerprint density at radius 3 is 2.86 bits per heavy atom. The molecular weight excluding hydrogens is 272 g/mol. The third kappa shape index (κ3) is 2.48. The maximum absolute atomic E-state index is 11.8. The summed E-state index contributed by atoms with van der Waals surface area (Å²) in [6.45, 7) is 2.37. The summed E-state index contributed by atoms with van der Waals surface area (Å²) in [6, 6.07) is 4.97. The number of morpholine rings is 1. The lowest BCUT2D eigenvalue weighted by molar-refractivity contribution is -0.145. The van der Waals surface area contributed by atoms with Gasteiger partial charge < -0.3 is 19.6 Å². The van der Waals surface area contributed by atoms with Crippen molar-refractivity contribution >= 4 is 16.9 Å². The van der Waals surface area contributed by atoms with Crippen LogP contribution in [0.3, 0.4) is 0 Å². The zero-order chi connectivity index (χ0) is 14.8. The molecule has 1 aromatic carbocycles. The summed E-state index contributed by atoms with van der Waals surface area (Å²) >= 11 is 0. The summed E-state index contributed by atoms with van der Waals surface area (Å²) in [5.41, 5.74) is 1.59. The highest BCUT2D eigenvalue weighted by Crippen LogP contribution is 2.33. The number of carboxylic acids is 1. The Labute approximate surface area is 122 Å². The molecule has 0 aliphatic carbocycles. The van der Waals surface area contributed by atoms with Crippen molar-refractivity contribution < 1.29 is 19.4 Å². The monoisotopic (exact) mass is 290 g/mol. The molecule has 2 heterocycles. The number of aromatic amines is 1. The molecule has 0 saturated carbocycles. The minimum absolute atomic E-state index is 0.565. The second-order valence-corrected chi connectivity index (χ2v) is 5.02. The summed E-state index contributed by atoms with van der Waals surface area (Å²) in [5.74, 6) is -0.134. The molecular formula is C15H18N2O4. The van der Waals surface area contributed by atoms with Gasteiger partial charge in [0.05, 0.1) is 25.8 Å². The second-order valence-electron chi connectivity index (χ2n) is 5.02. The second kappa shape index (κ2) is 5.75. The first-order chi connectivity index (χ1) is 10.2. The predicted octanol–water partition coefficient (Wildman–Crippen LogP) is 1.63. The highest BCUT2D eigenvalue weighted by atomic mass is 16.5. The van der Waals surface area contributed by atoms with Gasteiger partial charge in [0.25, 0.3) is 0 Å². The fourth-order valence-corrected chi connectivity index (χ4v) is 2.87. The van der Waals surface area contributed by atoms with Gasteiger partial charge in [-0.25, -0.2) is 0 Å². The molecule has 112 valence electrons. The van der Waals surface area contributed by atoms with E-state index in [4.69, 9.17) is 9.47 Å². The standard InChI is InChI=1S/C15H18N2O4/c1-20-12-4-2-3-10-11(9-16-13(10)12)14(15(18)19)17-5-7-21-8-6-17/h2-4,9,14,16H,5-8H2,1H3,(H,18,19)/t14-/m0/s1. The smallest absolute Gasteiger partial charge is 0.325 e. The third-order valence-electron chi connectivity index (χ3n) is 3.87. The predicted molar refractivity (Wildman–Crippen MR) is 77.6 cm³/mol. The number of hydrogen-bond donors (Lipinski definition) is 2. The van der Waals surface area contributed by atoms with Crippen LogP contribution in [0.2, 0.25) is 0 Å². The summed E-state index contributed by atoms with van der Waals surface area (Å²) < 4.78 is 10.6.